The van der Waals surface area contributed by atoms with Crippen molar-refractivity contribution < 1.29 is 5.11 Å². The van der Waals surface area contributed by atoms with Crippen LogP contribution in [-0.2, 0) is 6.54 Å². The molecule has 4 heteroatoms. The molecular formula is C10H13ClN2O. The van der Waals surface area contributed by atoms with Crippen molar-refractivity contribution in [2.24, 2.45) is 0 Å². The van der Waals surface area contributed by atoms with Crippen molar-refractivity contribution in [2.45, 2.75) is 24.9 Å². The van der Waals surface area contributed by atoms with Gasteiger partial charge in [0.2, 0.25) is 0 Å². The molecule has 0 aliphatic heterocycles. The molecule has 76 valence electrons. The second-order valence-electron chi connectivity index (χ2n) is 3.78. The fraction of sp³-hybridized carbons (Fsp3) is 0.500. The largest absolute Gasteiger partial charge is 0.394 e. The van der Waals surface area contributed by atoms with E-state index in [9.17, 15) is 0 Å². The monoisotopic (exact) mass is 212 g/mol. The number of pyridine rings is 1. The number of rotatable bonds is 4. The van der Waals surface area contributed by atoms with Crippen LogP contribution in [0, 0.1) is 0 Å². The Bertz CT molecular complexity index is 308. The summed E-state index contributed by atoms with van der Waals surface area (Å²) in [4.78, 5) is 3.99. The van der Waals surface area contributed by atoms with Gasteiger partial charge >= 0.3 is 0 Å². The Labute approximate surface area is 88.1 Å². The van der Waals surface area contributed by atoms with Gasteiger partial charge in [-0.2, -0.15) is 0 Å². The van der Waals surface area contributed by atoms with Crippen LogP contribution in [0.4, 0.5) is 0 Å². The van der Waals surface area contributed by atoms with Gasteiger partial charge in [0, 0.05) is 18.3 Å². The average Bonchev–Trinajstić information content (AvgIpc) is 2.98. The lowest BCUT2D eigenvalue weighted by molar-refractivity contribution is 0.229. The third kappa shape index (κ3) is 2.23. The zero-order valence-electron chi connectivity index (χ0n) is 7.83. The van der Waals surface area contributed by atoms with Crippen LogP contribution >= 0.6 is 11.6 Å². The third-order valence-electron chi connectivity index (χ3n) is 2.61. The second-order valence-corrected chi connectivity index (χ2v) is 4.17. The van der Waals surface area contributed by atoms with E-state index in [-0.39, 0.29) is 12.1 Å². The molecule has 1 fully saturated rings. The molecule has 2 N–H and O–H groups in total. The number of aromatic nitrogens is 1. The maximum absolute atomic E-state index is 9.08. The van der Waals surface area contributed by atoms with Crippen molar-refractivity contribution >= 4 is 11.6 Å². The Morgan fingerprint density at radius 2 is 2.29 bits per heavy atom. The summed E-state index contributed by atoms with van der Waals surface area (Å²) in [5.41, 5.74) is 1.08. The molecule has 3 nitrogen and oxygen atoms in total. The first-order chi connectivity index (χ1) is 6.74. The number of hydrogen-bond acceptors (Lipinski definition) is 3. The zero-order chi connectivity index (χ0) is 10.0. The highest BCUT2D eigenvalue weighted by molar-refractivity contribution is 6.29. The van der Waals surface area contributed by atoms with Gasteiger partial charge in [-0.15, -0.1) is 0 Å². The van der Waals surface area contributed by atoms with Crippen LogP contribution in [0.1, 0.15) is 18.4 Å². The molecule has 1 heterocycles. The molecule has 1 aliphatic carbocycles. The maximum atomic E-state index is 9.08. The first kappa shape index (κ1) is 9.90. The Kier molecular flexibility index (Phi) is 2.72. The topological polar surface area (TPSA) is 45.1 Å². The summed E-state index contributed by atoms with van der Waals surface area (Å²) >= 11 is 5.67. The van der Waals surface area contributed by atoms with E-state index in [2.05, 4.69) is 10.3 Å². The van der Waals surface area contributed by atoms with Crippen molar-refractivity contribution in [3.05, 3.63) is 29.0 Å². The fourth-order valence-electron chi connectivity index (χ4n) is 1.34. The molecule has 0 aromatic carbocycles. The standard InChI is InChI=1S/C10H13ClN2O/c11-9-2-1-8(5-12-9)6-13-10(7-14)3-4-10/h1-2,5,13-14H,3-4,6-7H2. The normalized spacial score (nSPS) is 18.1. The van der Waals surface area contributed by atoms with E-state index < -0.39 is 0 Å². The van der Waals surface area contributed by atoms with Crippen LogP contribution in [0.25, 0.3) is 0 Å². The van der Waals surface area contributed by atoms with Gasteiger partial charge in [0.05, 0.1) is 6.61 Å². The number of halogens is 1. The molecule has 14 heavy (non-hydrogen) atoms. The molecular weight excluding hydrogens is 200 g/mol. The van der Waals surface area contributed by atoms with Crippen LogP contribution in [0.3, 0.4) is 0 Å². The third-order valence-corrected chi connectivity index (χ3v) is 2.84. The SMILES string of the molecule is OCC1(NCc2ccc(Cl)nc2)CC1. The molecule has 1 aromatic heterocycles. The van der Waals surface area contributed by atoms with Crippen LogP contribution in [0.5, 0.6) is 0 Å². The minimum Gasteiger partial charge on any atom is -0.394 e. The molecule has 0 spiro atoms. The second kappa shape index (κ2) is 3.85. The first-order valence-electron chi connectivity index (χ1n) is 4.70. The molecule has 2 rings (SSSR count). The molecule has 1 saturated carbocycles. The molecule has 0 radical (unpaired) electrons. The molecule has 0 atom stereocenters. The quantitative estimate of drug-likeness (QED) is 0.741. The Morgan fingerprint density at radius 1 is 1.50 bits per heavy atom. The van der Waals surface area contributed by atoms with Crippen molar-refractivity contribution in [3.8, 4) is 0 Å². The Morgan fingerprint density at radius 3 is 2.79 bits per heavy atom. The summed E-state index contributed by atoms with van der Waals surface area (Å²) in [7, 11) is 0. The number of nitrogens with zero attached hydrogens (tertiary/aromatic N) is 1. The van der Waals surface area contributed by atoms with E-state index in [0.29, 0.717) is 5.15 Å². The van der Waals surface area contributed by atoms with Gasteiger partial charge in [0.1, 0.15) is 5.15 Å². The summed E-state index contributed by atoms with van der Waals surface area (Å²) in [5, 5.41) is 12.9. The minimum absolute atomic E-state index is 0.0142. The van der Waals surface area contributed by atoms with E-state index in [4.69, 9.17) is 16.7 Å². The molecule has 1 aromatic rings. The average molecular weight is 213 g/mol. The van der Waals surface area contributed by atoms with Gasteiger partial charge < -0.3 is 10.4 Å². The van der Waals surface area contributed by atoms with Gasteiger partial charge in [-0.3, -0.25) is 0 Å². The number of aliphatic hydroxyl groups is 1. The van der Waals surface area contributed by atoms with Gasteiger partial charge in [-0.05, 0) is 24.5 Å². The van der Waals surface area contributed by atoms with Crippen molar-refractivity contribution in [3.63, 3.8) is 0 Å². The lowest BCUT2D eigenvalue weighted by Crippen LogP contribution is -2.34. The van der Waals surface area contributed by atoms with Crippen LogP contribution < -0.4 is 5.32 Å². The Balaban J connectivity index is 1.89. The van der Waals surface area contributed by atoms with Gasteiger partial charge in [0.25, 0.3) is 0 Å². The lowest BCUT2D eigenvalue weighted by atomic mass is 10.2. The summed E-state index contributed by atoms with van der Waals surface area (Å²) in [6.45, 7) is 0.957. The summed E-state index contributed by atoms with van der Waals surface area (Å²) in [6.07, 6.45) is 3.87. The van der Waals surface area contributed by atoms with Crippen LogP contribution in [-0.4, -0.2) is 22.2 Å². The summed E-state index contributed by atoms with van der Waals surface area (Å²) in [6, 6.07) is 3.72. The first-order valence-corrected chi connectivity index (χ1v) is 5.08. The zero-order valence-corrected chi connectivity index (χ0v) is 8.59. The number of hydrogen-bond donors (Lipinski definition) is 2. The van der Waals surface area contributed by atoms with Gasteiger partial charge in [-0.25, -0.2) is 4.98 Å². The van der Waals surface area contributed by atoms with Gasteiger partial charge in [-0.1, -0.05) is 17.7 Å². The molecule has 0 saturated heterocycles. The fourth-order valence-corrected chi connectivity index (χ4v) is 1.45. The molecule has 0 unspecified atom stereocenters. The van der Waals surface area contributed by atoms with E-state index in [1.807, 2.05) is 6.07 Å². The highest BCUT2D eigenvalue weighted by Gasteiger charge is 2.41. The summed E-state index contributed by atoms with van der Waals surface area (Å²) in [5.74, 6) is 0. The van der Waals surface area contributed by atoms with E-state index in [0.717, 1.165) is 24.9 Å². The smallest absolute Gasteiger partial charge is 0.129 e. The Hall–Kier alpha value is -0.640. The number of nitrogens with one attached hydrogen (secondary N) is 1. The molecule has 0 amide bonds. The van der Waals surface area contributed by atoms with Crippen molar-refractivity contribution in [1.29, 1.82) is 0 Å². The van der Waals surface area contributed by atoms with E-state index in [1.54, 1.807) is 12.3 Å². The summed E-state index contributed by atoms with van der Waals surface area (Å²) < 4.78 is 0. The van der Waals surface area contributed by atoms with Crippen molar-refractivity contribution in [2.75, 3.05) is 6.61 Å². The van der Waals surface area contributed by atoms with Gasteiger partial charge in [0.15, 0.2) is 0 Å². The molecule has 1 aliphatic rings. The number of aliphatic hydroxyl groups excluding tert-OH is 1. The van der Waals surface area contributed by atoms with E-state index in [1.165, 1.54) is 0 Å². The highest BCUT2D eigenvalue weighted by Crippen LogP contribution is 2.34. The van der Waals surface area contributed by atoms with Crippen molar-refractivity contribution in [1.82, 2.24) is 10.3 Å². The lowest BCUT2D eigenvalue weighted by Gasteiger charge is -2.13. The maximum Gasteiger partial charge on any atom is 0.129 e. The predicted octanol–water partition coefficient (Wildman–Crippen LogP) is 1.35. The predicted molar refractivity (Wildman–Crippen MR) is 55.1 cm³/mol. The highest BCUT2D eigenvalue weighted by atomic mass is 35.5. The van der Waals surface area contributed by atoms with Crippen LogP contribution in [0.2, 0.25) is 5.15 Å². The molecule has 0 bridgehead atoms. The minimum atomic E-state index is -0.0142. The van der Waals surface area contributed by atoms with E-state index >= 15 is 0 Å². The van der Waals surface area contributed by atoms with Crippen LogP contribution in [0.15, 0.2) is 18.3 Å².